The van der Waals surface area contributed by atoms with Gasteiger partial charge < -0.3 is 10.2 Å². The molecular formula is C25H23N3O2S2. The summed E-state index contributed by atoms with van der Waals surface area (Å²) >= 11 is 3.19. The van der Waals surface area contributed by atoms with Gasteiger partial charge in [0.25, 0.3) is 5.91 Å². The Bertz CT molecular complexity index is 1200. The van der Waals surface area contributed by atoms with Gasteiger partial charge in [0.05, 0.1) is 18.2 Å². The summed E-state index contributed by atoms with van der Waals surface area (Å²) in [5.41, 5.74) is 4.12. The highest BCUT2D eigenvalue weighted by Gasteiger charge is 2.19. The topological polar surface area (TPSA) is 62.3 Å². The molecule has 1 atom stereocenters. The van der Waals surface area contributed by atoms with E-state index >= 15 is 0 Å². The second-order valence-electron chi connectivity index (χ2n) is 7.46. The maximum Gasteiger partial charge on any atom is 0.255 e. The van der Waals surface area contributed by atoms with Gasteiger partial charge in [0.15, 0.2) is 0 Å². The molecule has 0 saturated heterocycles. The van der Waals surface area contributed by atoms with Crippen LogP contribution in [-0.2, 0) is 11.2 Å². The number of benzene rings is 2. The number of carbonyl (C=O) groups excluding carboxylic acids is 2. The molecule has 32 heavy (non-hydrogen) atoms. The molecule has 0 unspecified atom stereocenters. The standard InChI is InChI=1S/C25H23N3O2S2/c1-17(19-9-6-10-21(13-19)26-24(30)18-7-4-3-5-8-18)28(2)23(29)14-22-16-32-25(27-22)20-11-12-31-15-20/h3-13,15-17H,14H2,1-2H3,(H,26,30)/t17-/m1/s1. The highest BCUT2D eigenvalue weighted by atomic mass is 32.1. The van der Waals surface area contributed by atoms with E-state index in [4.69, 9.17) is 0 Å². The molecule has 0 spiro atoms. The van der Waals surface area contributed by atoms with E-state index in [1.807, 2.05) is 66.2 Å². The first-order valence-electron chi connectivity index (χ1n) is 10.2. The number of carbonyl (C=O) groups is 2. The van der Waals surface area contributed by atoms with Crippen molar-refractivity contribution in [3.05, 3.63) is 93.6 Å². The molecule has 0 aliphatic heterocycles. The fourth-order valence-electron chi connectivity index (χ4n) is 3.30. The number of likely N-dealkylation sites (N-methyl/N-ethyl adjacent to an activating group) is 1. The van der Waals surface area contributed by atoms with Crippen LogP contribution in [0.2, 0.25) is 0 Å². The van der Waals surface area contributed by atoms with Crippen molar-refractivity contribution in [2.45, 2.75) is 19.4 Å². The lowest BCUT2D eigenvalue weighted by molar-refractivity contribution is -0.131. The Morgan fingerprint density at radius 1 is 1.06 bits per heavy atom. The van der Waals surface area contributed by atoms with Crippen molar-refractivity contribution in [2.75, 3.05) is 12.4 Å². The average molecular weight is 462 g/mol. The monoisotopic (exact) mass is 461 g/mol. The Morgan fingerprint density at radius 2 is 1.88 bits per heavy atom. The molecule has 0 radical (unpaired) electrons. The van der Waals surface area contributed by atoms with Crippen molar-refractivity contribution in [3.8, 4) is 10.6 Å². The van der Waals surface area contributed by atoms with Crippen molar-refractivity contribution >= 4 is 40.2 Å². The van der Waals surface area contributed by atoms with Gasteiger partial charge in [0.1, 0.15) is 5.01 Å². The molecule has 0 aliphatic rings. The van der Waals surface area contributed by atoms with E-state index in [-0.39, 0.29) is 24.3 Å². The zero-order chi connectivity index (χ0) is 22.5. The molecule has 0 aliphatic carbocycles. The average Bonchev–Trinajstić information content (AvgIpc) is 3.51. The Labute approximate surface area is 195 Å². The molecule has 0 saturated carbocycles. The number of nitrogens with zero attached hydrogens (tertiary/aromatic N) is 2. The second-order valence-corrected chi connectivity index (χ2v) is 9.10. The molecule has 2 amide bonds. The number of hydrogen-bond donors (Lipinski definition) is 1. The first-order valence-corrected chi connectivity index (χ1v) is 12.0. The summed E-state index contributed by atoms with van der Waals surface area (Å²) in [6.07, 6.45) is 0.256. The van der Waals surface area contributed by atoms with Crippen molar-refractivity contribution in [3.63, 3.8) is 0 Å². The minimum Gasteiger partial charge on any atom is -0.339 e. The van der Waals surface area contributed by atoms with E-state index in [1.165, 1.54) is 0 Å². The normalized spacial score (nSPS) is 11.7. The highest BCUT2D eigenvalue weighted by molar-refractivity contribution is 7.14. The maximum absolute atomic E-state index is 12.9. The second kappa shape index (κ2) is 9.89. The van der Waals surface area contributed by atoms with Gasteiger partial charge in [-0.05, 0) is 48.2 Å². The summed E-state index contributed by atoms with van der Waals surface area (Å²) in [6, 6.07) is 18.6. The molecular weight excluding hydrogens is 438 g/mol. The van der Waals surface area contributed by atoms with E-state index < -0.39 is 0 Å². The fraction of sp³-hybridized carbons (Fsp3) is 0.160. The molecule has 4 aromatic rings. The molecule has 2 heterocycles. The summed E-state index contributed by atoms with van der Waals surface area (Å²) in [5.74, 6) is -0.164. The quantitative estimate of drug-likeness (QED) is 0.373. The van der Waals surface area contributed by atoms with Crippen LogP contribution in [0, 0.1) is 0 Å². The number of amides is 2. The van der Waals surface area contributed by atoms with Gasteiger partial charge >= 0.3 is 0 Å². The van der Waals surface area contributed by atoms with Crippen LogP contribution in [0.15, 0.2) is 76.8 Å². The highest BCUT2D eigenvalue weighted by Crippen LogP contribution is 2.27. The van der Waals surface area contributed by atoms with Gasteiger partial charge in [-0.15, -0.1) is 11.3 Å². The van der Waals surface area contributed by atoms with Crippen molar-refractivity contribution in [1.29, 1.82) is 0 Å². The molecule has 162 valence electrons. The predicted octanol–water partition coefficient (Wildman–Crippen LogP) is 5.89. The Hall–Kier alpha value is -3.29. The van der Waals surface area contributed by atoms with Gasteiger partial charge in [-0.1, -0.05) is 30.3 Å². The molecule has 0 fully saturated rings. The molecule has 4 rings (SSSR count). The molecule has 0 bridgehead atoms. The lowest BCUT2D eigenvalue weighted by Crippen LogP contribution is -2.31. The van der Waals surface area contributed by atoms with Gasteiger partial charge in [-0.25, -0.2) is 4.98 Å². The third-order valence-electron chi connectivity index (χ3n) is 5.29. The molecule has 7 heteroatoms. The Morgan fingerprint density at radius 3 is 2.62 bits per heavy atom. The Balaban J connectivity index is 1.41. The molecule has 1 N–H and O–H groups in total. The maximum atomic E-state index is 12.9. The number of thiophene rings is 1. The predicted molar refractivity (Wildman–Crippen MR) is 131 cm³/mol. The first kappa shape index (κ1) is 21.9. The number of thiazole rings is 1. The number of aromatic nitrogens is 1. The van der Waals surface area contributed by atoms with Crippen LogP contribution in [0.1, 0.15) is 34.6 Å². The SMILES string of the molecule is C[C@H](c1cccc(NC(=O)c2ccccc2)c1)N(C)C(=O)Cc1csc(-c2ccsc2)n1. The Kier molecular flexibility index (Phi) is 6.78. The van der Waals surface area contributed by atoms with Crippen molar-refractivity contribution in [1.82, 2.24) is 9.88 Å². The van der Waals surface area contributed by atoms with Crippen LogP contribution in [0.5, 0.6) is 0 Å². The summed E-state index contributed by atoms with van der Waals surface area (Å²) in [7, 11) is 1.80. The van der Waals surface area contributed by atoms with Crippen molar-refractivity contribution in [2.24, 2.45) is 0 Å². The van der Waals surface area contributed by atoms with Crippen LogP contribution in [0.4, 0.5) is 5.69 Å². The number of rotatable bonds is 7. The summed E-state index contributed by atoms with van der Waals surface area (Å²) in [6.45, 7) is 1.98. The van der Waals surface area contributed by atoms with Crippen LogP contribution < -0.4 is 5.32 Å². The van der Waals surface area contributed by atoms with Crippen LogP contribution in [-0.4, -0.2) is 28.7 Å². The molecule has 5 nitrogen and oxygen atoms in total. The minimum atomic E-state index is -0.162. The number of hydrogen-bond acceptors (Lipinski definition) is 5. The summed E-state index contributed by atoms with van der Waals surface area (Å²) in [4.78, 5) is 31.7. The largest absolute Gasteiger partial charge is 0.339 e. The van der Waals surface area contributed by atoms with Crippen molar-refractivity contribution < 1.29 is 9.59 Å². The van der Waals surface area contributed by atoms with Gasteiger partial charge in [0, 0.05) is 34.6 Å². The molecule has 2 aromatic carbocycles. The van der Waals surface area contributed by atoms with Gasteiger partial charge in [-0.2, -0.15) is 11.3 Å². The smallest absolute Gasteiger partial charge is 0.255 e. The third-order valence-corrected chi connectivity index (χ3v) is 6.91. The van der Waals surface area contributed by atoms with E-state index in [2.05, 4.69) is 15.7 Å². The van der Waals surface area contributed by atoms with Gasteiger partial charge in [0.2, 0.25) is 5.91 Å². The summed E-state index contributed by atoms with van der Waals surface area (Å²) in [5, 5.41) is 9.89. The fourth-order valence-corrected chi connectivity index (χ4v) is 4.83. The third kappa shape index (κ3) is 5.12. The zero-order valence-corrected chi connectivity index (χ0v) is 19.5. The minimum absolute atomic E-state index is 0.00149. The van der Waals surface area contributed by atoms with E-state index in [1.54, 1.807) is 46.8 Å². The van der Waals surface area contributed by atoms with E-state index in [9.17, 15) is 9.59 Å². The number of nitrogens with one attached hydrogen (secondary N) is 1. The van der Waals surface area contributed by atoms with E-state index in [0.717, 1.165) is 21.8 Å². The molecule has 2 aromatic heterocycles. The summed E-state index contributed by atoms with van der Waals surface area (Å²) < 4.78 is 0. The lowest BCUT2D eigenvalue weighted by Gasteiger charge is -2.25. The number of anilines is 1. The van der Waals surface area contributed by atoms with Crippen LogP contribution in [0.25, 0.3) is 10.6 Å². The zero-order valence-electron chi connectivity index (χ0n) is 17.8. The van der Waals surface area contributed by atoms with Gasteiger partial charge in [-0.3, -0.25) is 9.59 Å². The van der Waals surface area contributed by atoms with Crippen LogP contribution >= 0.6 is 22.7 Å². The van der Waals surface area contributed by atoms with E-state index in [0.29, 0.717) is 11.3 Å². The lowest BCUT2D eigenvalue weighted by atomic mass is 10.1. The first-order chi connectivity index (χ1) is 15.5. The van der Waals surface area contributed by atoms with Crippen LogP contribution in [0.3, 0.4) is 0 Å².